The summed E-state index contributed by atoms with van der Waals surface area (Å²) in [7, 11) is 3.77. The third-order valence-corrected chi connectivity index (χ3v) is 0.703. The Morgan fingerprint density at radius 1 is 1.67 bits per heavy atom. The van der Waals surface area contributed by atoms with Crippen LogP contribution >= 0.6 is 0 Å². The first kappa shape index (κ1) is 8.23. The van der Waals surface area contributed by atoms with Gasteiger partial charge in [-0.15, -0.1) is 0 Å². The van der Waals surface area contributed by atoms with Crippen molar-refractivity contribution in [1.29, 1.82) is 0 Å². The molecule has 0 aliphatic heterocycles. The van der Waals surface area contributed by atoms with Crippen LogP contribution in [0.15, 0.2) is 5.11 Å². The molecule has 0 bridgehead atoms. The molecule has 5 heteroatoms. The normalized spacial score (nSPS) is 9.22. The summed E-state index contributed by atoms with van der Waals surface area (Å²) < 4.78 is 0. The van der Waals surface area contributed by atoms with Crippen molar-refractivity contribution in [3.8, 4) is 0 Å². The van der Waals surface area contributed by atoms with Gasteiger partial charge in [0, 0.05) is 32.1 Å². The first-order valence-corrected chi connectivity index (χ1v) is 2.69. The monoisotopic (exact) mass is 129 g/mol. The highest BCUT2D eigenvalue weighted by Gasteiger charge is 1.83. The quantitative estimate of drug-likeness (QED) is 0.196. The molecule has 0 unspecified atom stereocenters. The molecule has 5 nitrogen and oxygen atoms in total. The molecule has 0 spiro atoms. The molecule has 0 amide bonds. The number of rotatable bonds is 4. The lowest BCUT2D eigenvalue weighted by Crippen LogP contribution is -2.32. The maximum Gasteiger partial charge on any atom is 0.0397 e. The second kappa shape index (κ2) is 5.37. The Hall–Kier alpha value is -0.770. The number of nitrogens with one attached hydrogen (secondary N) is 1. The summed E-state index contributed by atoms with van der Waals surface area (Å²) in [6, 6.07) is 0. The molecule has 1 N–H and O–H groups in total. The van der Waals surface area contributed by atoms with Gasteiger partial charge in [0.15, 0.2) is 0 Å². The highest BCUT2D eigenvalue weighted by Crippen LogP contribution is 1.68. The zero-order chi connectivity index (χ0) is 7.11. The predicted molar refractivity (Wildman–Crippen MR) is 35.7 cm³/mol. The summed E-state index contributed by atoms with van der Waals surface area (Å²) in [4.78, 5) is 2.60. The van der Waals surface area contributed by atoms with Crippen molar-refractivity contribution in [2.24, 2.45) is 5.11 Å². The fourth-order valence-electron chi connectivity index (χ4n) is 0.368. The molecule has 0 aromatic rings. The first-order valence-electron chi connectivity index (χ1n) is 2.69. The van der Waals surface area contributed by atoms with Crippen LogP contribution in [0.4, 0.5) is 0 Å². The maximum atomic E-state index is 7.85. The van der Waals surface area contributed by atoms with Crippen molar-refractivity contribution in [3.63, 3.8) is 0 Å². The highest BCUT2D eigenvalue weighted by atomic mass is 15.5. The van der Waals surface area contributed by atoms with Gasteiger partial charge in [0.2, 0.25) is 0 Å². The van der Waals surface area contributed by atoms with Gasteiger partial charge in [0.05, 0.1) is 0 Å². The second-order valence-corrected chi connectivity index (χ2v) is 1.76. The van der Waals surface area contributed by atoms with E-state index in [9.17, 15) is 0 Å². The molecule has 0 saturated carbocycles. The largest absolute Gasteiger partial charge is 0.256 e. The van der Waals surface area contributed by atoms with E-state index in [0.717, 1.165) is 0 Å². The van der Waals surface area contributed by atoms with Gasteiger partial charge >= 0.3 is 0 Å². The zero-order valence-corrected chi connectivity index (χ0v) is 5.70. The number of hydrogen-bond acceptors (Lipinski definition) is 3. The molecule has 0 aromatic carbocycles. The summed E-state index contributed by atoms with van der Waals surface area (Å²) in [6.45, 7) is 1.19. The molecule has 0 aliphatic carbocycles. The predicted octanol–water partition coefficient (Wildman–Crippen LogP) is 0.363. The van der Waals surface area contributed by atoms with Gasteiger partial charge in [-0.1, -0.05) is 5.11 Å². The van der Waals surface area contributed by atoms with Gasteiger partial charge in [-0.3, -0.25) is 10.4 Å². The topological polar surface area (TPSA) is 64.0 Å². The Labute approximate surface area is 54.2 Å². The van der Waals surface area contributed by atoms with E-state index in [0.29, 0.717) is 13.1 Å². The number of azide groups is 1. The van der Waals surface area contributed by atoms with Gasteiger partial charge in [0.1, 0.15) is 0 Å². The van der Waals surface area contributed by atoms with Crippen LogP contribution < -0.4 is 5.43 Å². The molecule has 0 atom stereocenters. The molecular formula is C4H11N5. The Balaban J connectivity index is 3.00. The van der Waals surface area contributed by atoms with E-state index in [-0.39, 0.29) is 0 Å². The summed E-state index contributed by atoms with van der Waals surface area (Å²) in [5, 5.41) is 5.15. The summed E-state index contributed by atoms with van der Waals surface area (Å²) >= 11 is 0. The molecule has 0 saturated heterocycles. The lowest BCUT2D eigenvalue weighted by Gasteiger charge is -2.08. The molecule has 0 fully saturated rings. The highest BCUT2D eigenvalue weighted by molar-refractivity contribution is 4.47. The number of hydrazine groups is 1. The van der Waals surface area contributed by atoms with Crippen LogP contribution in [0.1, 0.15) is 0 Å². The average Bonchev–Trinajstić information content (AvgIpc) is 1.80. The van der Waals surface area contributed by atoms with Gasteiger partial charge in [-0.05, 0) is 5.53 Å². The first-order chi connectivity index (χ1) is 4.27. The third kappa shape index (κ3) is 7.23. The molecule has 0 heterocycles. The molecule has 0 aromatic heterocycles. The lowest BCUT2D eigenvalue weighted by atomic mass is 10.7. The van der Waals surface area contributed by atoms with E-state index >= 15 is 0 Å². The molecule has 0 aliphatic rings. The van der Waals surface area contributed by atoms with Crippen LogP contribution in [-0.2, 0) is 0 Å². The average molecular weight is 129 g/mol. The molecular weight excluding hydrogens is 118 g/mol. The van der Waals surface area contributed by atoms with Gasteiger partial charge in [-0.25, -0.2) is 0 Å². The van der Waals surface area contributed by atoms with E-state index in [2.05, 4.69) is 15.5 Å². The van der Waals surface area contributed by atoms with Crippen LogP contribution in [0.25, 0.3) is 10.4 Å². The van der Waals surface area contributed by atoms with E-state index in [1.807, 2.05) is 19.1 Å². The Morgan fingerprint density at radius 3 is 2.78 bits per heavy atom. The van der Waals surface area contributed by atoms with Crippen LogP contribution in [0.5, 0.6) is 0 Å². The zero-order valence-electron chi connectivity index (χ0n) is 5.70. The van der Waals surface area contributed by atoms with E-state index in [1.165, 1.54) is 0 Å². The Morgan fingerprint density at radius 2 is 2.33 bits per heavy atom. The Kier molecular flexibility index (Phi) is 4.91. The summed E-state index contributed by atoms with van der Waals surface area (Å²) in [6.07, 6.45) is 0. The smallest absolute Gasteiger partial charge is 0.0397 e. The van der Waals surface area contributed by atoms with E-state index < -0.39 is 0 Å². The SMILES string of the molecule is CN(C)NCCN=[N+]=[N-]. The maximum absolute atomic E-state index is 7.85. The minimum absolute atomic E-state index is 0.495. The minimum Gasteiger partial charge on any atom is -0.256 e. The number of hydrogen-bond donors (Lipinski definition) is 1. The third-order valence-electron chi connectivity index (χ3n) is 0.703. The van der Waals surface area contributed by atoms with Gasteiger partial charge in [-0.2, -0.15) is 0 Å². The summed E-state index contributed by atoms with van der Waals surface area (Å²) in [5.74, 6) is 0. The van der Waals surface area contributed by atoms with Crippen LogP contribution in [-0.4, -0.2) is 32.2 Å². The summed E-state index contributed by atoms with van der Waals surface area (Å²) in [5.41, 5.74) is 10.8. The van der Waals surface area contributed by atoms with Crippen molar-refractivity contribution < 1.29 is 0 Å². The molecule has 0 radical (unpaired) electrons. The Bertz CT molecular complexity index is 104. The number of nitrogens with zero attached hydrogens (tertiary/aromatic N) is 4. The minimum atomic E-state index is 0.495. The molecule has 52 valence electrons. The van der Waals surface area contributed by atoms with Crippen LogP contribution in [0, 0.1) is 0 Å². The molecule has 0 rings (SSSR count). The molecule has 9 heavy (non-hydrogen) atoms. The van der Waals surface area contributed by atoms with Crippen LogP contribution in [0.2, 0.25) is 0 Å². The van der Waals surface area contributed by atoms with Crippen molar-refractivity contribution >= 4 is 0 Å². The fourth-order valence-corrected chi connectivity index (χ4v) is 0.368. The van der Waals surface area contributed by atoms with Crippen molar-refractivity contribution in [2.75, 3.05) is 27.2 Å². The van der Waals surface area contributed by atoms with Gasteiger partial charge < -0.3 is 0 Å². The second-order valence-electron chi connectivity index (χ2n) is 1.76. The van der Waals surface area contributed by atoms with E-state index in [4.69, 9.17) is 5.53 Å². The van der Waals surface area contributed by atoms with Crippen molar-refractivity contribution in [2.45, 2.75) is 0 Å². The van der Waals surface area contributed by atoms with Crippen molar-refractivity contribution in [1.82, 2.24) is 10.4 Å². The van der Waals surface area contributed by atoms with Gasteiger partial charge in [0.25, 0.3) is 0 Å². The van der Waals surface area contributed by atoms with E-state index in [1.54, 1.807) is 0 Å². The van der Waals surface area contributed by atoms with Crippen molar-refractivity contribution in [3.05, 3.63) is 10.4 Å². The fraction of sp³-hybridized carbons (Fsp3) is 1.00. The lowest BCUT2D eigenvalue weighted by molar-refractivity contribution is 0.294. The van der Waals surface area contributed by atoms with Crippen LogP contribution in [0.3, 0.4) is 0 Å². The standard InChI is InChI=1S/C4H11N5/c1-9(2)7-4-3-6-8-5/h7H,3-4H2,1-2H3.